The average Bonchev–Trinajstić information content (AvgIpc) is 3.13. The van der Waals surface area contributed by atoms with E-state index in [1.165, 1.54) is 23.5 Å². The van der Waals surface area contributed by atoms with Gasteiger partial charge in [0.2, 0.25) is 15.9 Å². The number of ether oxygens (including phenoxy) is 1. The molecule has 0 aliphatic carbocycles. The van der Waals surface area contributed by atoms with E-state index < -0.39 is 27.9 Å². The van der Waals surface area contributed by atoms with Crippen molar-refractivity contribution < 1.29 is 22.7 Å². The van der Waals surface area contributed by atoms with E-state index in [9.17, 15) is 18.0 Å². The second-order valence-corrected chi connectivity index (χ2v) is 9.54. The summed E-state index contributed by atoms with van der Waals surface area (Å²) >= 11 is 0. The fourth-order valence-electron chi connectivity index (χ4n) is 3.90. The van der Waals surface area contributed by atoms with Gasteiger partial charge in [0.25, 0.3) is 5.91 Å². The molecule has 1 aliphatic heterocycles. The summed E-state index contributed by atoms with van der Waals surface area (Å²) in [5.41, 5.74) is 1.32. The first-order valence-corrected chi connectivity index (χ1v) is 12.0. The van der Waals surface area contributed by atoms with E-state index in [2.05, 4.69) is 0 Å². The largest absolute Gasteiger partial charge is 0.497 e. The molecule has 1 heterocycles. The molecule has 2 amide bonds. The topological polar surface area (TPSA) is 84.0 Å². The maximum atomic E-state index is 13.5. The molecule has 1 unspecified atom stereocenters. The van der Waals surface area contributed by atoms with Gasteiger partial charge >= 0.3 is 0 Å². The lowest BCUT2D eigenvalue weighted by molar-refractivity contribution is -0.122. The molecule has 3 aromatic carbocycles. The van der Waals surface area contributed by atoms with E-state index in [0.29, 0.717) is 17.9 Å². The minimum absolute atomic E-state index is 0.0708. The van der Waals surface area contributed by atoms with Crippen molar-refractivity contribution >= 4 is 27.5 Å². The second-order valence-electron chi connectivity index (χ2n) is 7.65. The molecule has 1 aliphatic rings. The number of anilines is 1. The lowest BCUT2D eigenvalue weighted by Gasteiger charge is -2.27. The number of rotatable bonds is 8. The number of sulfonamides is 1. The summed E-state index contributed by atoms with van der Waals surface area (Å²) in [4.78, 5) is 27.4. The van der Waals surface area contributed by atoms with Gasteiger partial charge in [-0.25, -0.2) is 13.3 Å². The Labute approximate surface area is 193 Å². The molecule has 170 valence electrons. The quantitative estimate of drug-likeness (QED) is 0.478. The van der Waals surface area contributed by atoms with E-state index in [0.717, 1.165) is 10.5 Å². The van der Waals surface area contributed by atoms with Crippen molar-refractivity contribution in [2.24, 2.45) is 0 Å². The van der Waals surface area contributed by atoms with Crippen LogP contribution < -0.4 is 9.64 Å². The normalized spacial score (nSPS) is 16.4. The van der Waals surface area contributed by atoms with Crippen LogP contribution in [0.3, 0.4) is 0 Å². The van der Waals surface area contributed by atoms with Gasteiger partial charge in [-0.15, -0.1) is 0 Å². The van der Waals surface area contributed by atoms with Crippen LogP contribution >= 0.6 is 0 Å². The first-order chi connectivity index (χ1) is 15.9. The highest BCUT2D eigenvalue weighted by Crippen LogP contribution is 2.30. The molecule has 0 spiro atoms. The fourth-order valence-corrected chi connectivity index (χ4v) is 5.50. The van der Waals surface area contributed by atoms with Crippen molar-refractivity contribution in [3.63, 3.8) is 0 Å². The third kappa shape index (κ3) is 4.67. The predicted octanol–water partition coefficient (Wildman–Crippen LogP) is 3.26. The monoisotopic (exact) mass is 464 g/mol. The number of nitrogens with zero attached hydrogens (tertiary/aromatic N) is 2. The highest BCUT2D eigenvalue weighted by molar-refractivity contribution is 7.89. The maximum Gasteiger partial charge on any atom is 0.252 e. The van der Waals surface area contributed by atoms with Crippen LogP contribution in [0.4, 0.5) is 5.69 Å². The van der Waals surface area contributed by atoms with Crippen molar-refractivity contribution in [3.8, 4) is 5.75 Å². The molecule has 1 saturated heterocycles. The minimum Gasteiger partial charge on any atom is -0.497 e. The number of methoxy groups -OCH3 is 1. The summed E-state index contributed by atoms with van der Waals surface area (Å²) in [5.74, 6) is -0.411. The Morgan fingerprint density at radius 1 is 0.909 bits per heavy atom. The van der Waals surface area contributed by atoms with Gasteiger partial charge in [-0.3, -0.25) is 9.59 Å². The molecule has 8 heteroatoms. The van der Waals surface area contributed by atoms with E-state index in [1.807, 2.05) is 30.3 Å². The Balaban J connectivity index is 1.67. The lowest BCUT2D eigenvalue weighted by Crippen LogP contribution is -2.46. The molecule has 0 bridgehead atoms. The molecule has 0 radical (unpaired) electrons. The van der Waals surface area contributed by atoms with Crippen molar-refractivity contribution in [1.82, 2.24) is 4.31 Å². The average molecular weight is 465 g/mol. The number of amides is 2. The van der Waals surface area contributed by atoms with E-state index in [4.69, 9.17) is 4.74 Å². The molecule has 33 heavy (non-hydrogen) atoms. The molecule has 0 N–H and O–H groups in total. The van der Waals surface area contributed by atoms with Crippen LogP contribution in [0, 0.1) is 0 Å². The molecule has 0 saturated carbocycles. The Morgan fingerprint density at radius 3 is 2.12 bits per heavy atom. The van der Waals surface area contributed by atoms with Crippen LogP contribution in [0.2, 0.25) is 0 Å². The molecule has 4 rings (SSSR count). The van der Waals surface area contributed by atoms with Crippen LogP contribution in [0.15, 0.2) is 89.8 Å². The highest BCUT2D eigenvalue weighted by Gasteiger charge is 2.46. The third-order valence-corrected chi connectivity index (χ3v) is 7.54. The second kappa shape index (κ2) is 9.56. The molecule has 1 atom stereocenters. The first-order valence-electron chi connectivity index (χ1n) is 10.5. The van der Waals surface area contributed by atoms with E-state index in [1.54, 1.807) is 42.5 Å². The fraction of sp³-hybridized carbons (Fsp3) is 0.200. The van der Waals surface area contributed by atoms with Gasteiger partial charge in [0.05, 0.1) is 24.1 Å². The third-order valence-electron chi connectivity index (χ3n) is 5.61. The zero-order valence-electron chi connectivity index (χ0n) is 18.1. The number of imide groups is 1. The van der Waals surface area contributed by atoms with Crippen molar-refractivity contribution in [3.05, 3.63) is 90.5 Å². The number of hydrogen-bond donors (Lipinski definition) is 0. The molecular formula is C25H24N2O5S. The Bertz CT molecular complexity index is 1230. The summed E-state index contributed by atoms with van der Waals surface area (Å²) in [5, 5.41) is 0. The van der Waals surface area contributed by atoms with Crippen LogP contribution in [-0.4, -0.2) is 44.2 Å². The van der Waals surface area contributed by atoms with Gasteiger partial charge in [-0.2, -0.15) is 4.31 Å². The molecular weight excluding hydrogens is 440 g/mol. The van der Waals surface area contributed by atoms with Crippen molar-refractivity contribution in [1.29, 1.82) is 0 Å². The van der Waals surface area contributed by atoms with Crippen LogP contribution in [0.1, 0.15) is 12.0 Å². The zero-order valence-corrected chi connectivity index (χ0v) is 18.9. The molecule has 7 nitrogen and oxygen atoms in total. The Morgan fingerprint density at radius 2 is 1.52 bits per heavy atom. The van der Waals surface area contributed by atoms with Gasteiger partial charge in [0, 0.05) is 6.54 Å². The summed E-state index contributed by atoms with van der Waals surface area (Å²) in [7, 11) is -2.49. The van der Waals surface area contributed by atoms with Gasteiger partial charge in [-0.1, -0.05) is 48.5 Å². The Kier molecular flexibility index (Phi) is 6.57. The van der Waals surface area contributed by atoms with Crippen LogP contribution in [0.5, 0.6) is 5.75 Å². The van der Waals surface area contributed by atoms with Gasteiger partial charge in [0.15, 0.2) is 0 Å². The summed E-state index contributed by atoms with van der Waals surface area (Å²) in [6, 6.07) is 22.8. The summed E-state index contributed by atoms with van der Waals surface area (Å²) < 4.78 is 33.4. The molecule has 1 fully saturated rings. The summed E-state index contributed by atoms with van der Waals surface area (Å²) in [6.07, 6.45) is 0.194. The van der Waals surface area contributed by atoms with E-state index in [-0.39, 0.29) is 17.9 Å². The lowest BCUT2D eigenvalue weighted by atomic mass is 10.1. The SMILES string of the molecule is COc1ccc(N2C(=O)CC(N(CCc3ccccc3)S(=O)(=O)c3ccccc3)C2=O)cc1. The number of benzene rings is 3. The number of carbonyl (C=O) groups excluding carboxylic acids is 2. The number of carbonyl (C=O) groups is 2. The van der Waals surface area contributed by atoms with Crippen molar-refractivity contribution in [2.45, 2.75) is 23.8 Å². The van der Waals surface area contributed by atoms with Crippen LogP contribution in [-0.2, 0) is 26.0 Å². The Hall–Kier alpha value is -3.49. The van der Waals surface area contributed by atoms with Crippen LogP contribution in [0.25, 0.3) is 0 Å². The van der Waals surface area contributed by atoms with Gasteiger partial charge in [-0.05, 0) is 48.4 Å². The van der Waals surface area contributed by atoms with Gasteiger partial charge in [0.1, 0.15) is 11.8 Å². The summed E-state index contributed by atoms with van der Waals surface area (Å²) in [6.45, 7) is 0.0708. The predicted molar refractivity (Wildman–Crippen MR) is 124 cm³/mol. The number of hydrogen-bond acceptors (Lipinski definition) is 5. The van der Waals surface area contributed by atoms with Crippen molar-refractivity contribution in [2.75, 3.05) is 18.6 Å². The van der Waals surface area contributed by atoms with E-state index >= 15 is 0 Å². The molecule has 3 aromatic rings. The standard InChI is InChI=1S/C25H24N2O5S/c1-32-21-14-12-20(13-15-21)27-24(28)18-23(25(27)29)26(17-16-19-8-4-2-5-9-19)33(30,31)22-10-6-3-7-11-22/h2-15,23H,16-18H2,1H3. The molecule has 0 aromatic heterocycles. The zero-order chi connectivity index (χ0) is 23.4. The van der Waals surface area contributed by atoms with Gasteiger partial charge < -0.3 is 4.74 Å². The first kappa shape index (κ1) is 22.7. The maximum absolute atomic E-state index is 13.5. The minimum atomic E-state index is -4.01. The highest BCUT2D eigenvalue weighted by atomic mass is 32.2. The smallest absolute Gasteiger partial charge is 0.252 e.